The highest BCUT2D eigenvalue weighted by atomic mass is 79.9. The first-order valence-electron chi connectivity index (χ1n) is 6.73. The van der Waals surface area contributed by atoms with Gasteiger partial charge in [0, 0.05) is 22.9 Å². The van der Waals surface area contributed by atoms with Gasteiger partial charge in [-0.05, 0) is 40.2 Å². The van der Waals surface area contributed by atoms with E-state index in [1.165, 1.54) is 30.5 Å². The van der Waals surface area contributed by atoms with Gasteiger partial charge in [-0.15, -0.1) is 0 Å². The van der Waals surface area contributed by atoms with Crippen LogP contribution in [0.5, 0.6) is 0 Å². The Morgan fingerprint density at radius 2 is 1.83 bits per heavy atom. The number of nitro groups is 1. The van der Waals surface area contributed by atoms with Crippen LogP contribution in [0, 0.1) is 10.1 Å². The molecule has 8 heteroatoms. The van der Waals surface area contributed by atoms with E-state index in [1.807, 2.05) is 0 Å². The molecule has 0 spiro atoms. The first-order chi connectivity index (χ1) is 11.3. The van der Waals surface area contributed by atoms with Crippen molar-refractivity contribution in [2.45, 2.75) is 4.90 Å². The van der Waals surface area contributed by atoms with Gasteiger partial charge in [-0.25, -0.2) is 4.21 Å². The number of hydrogen-bond donors (Lipinski definition) is 0. The van der Waals surface area contributed by atoms with Gasteiger partial charge in [0.05, 0.1) is 25.1 Å². The Hall–Kier alpha value is -2.32. The molecule has 0 bridgehead atoms. The Morgan fingerprint density at radius 1 is 1.21 bits per heavy atom. The van der Waals surface area contributed by atoms with Gasteiger partial charge >= 0.3 is 0 Å². The Balaban J connectivity index is 2.32. The van der Waals surface area contributed by atoms with Crippen LogP contribution in [0.4, 0.5) is 5.69 Å². The van der Waals surface area contributed by atoms with E-state index in [0.717, 1.165) is 6.08 Å². The highest BCUT2D eigenvalue weighted by Gasteiger charge is 2.12. The number of para-hydroxylation sites is 1. The van der Waals surface area contributed by atoms with E-state index in [4.69, 9.17) is 0 Å². The minimum atomic E-state index is -2.93. The normalized spacial score (nSPS) is 13.4. The molecule has 0 saturated carbocycles. The summed E-state index contributed by atoms with van der Waals surface area (Å²) in [7, 11) is -2.93. The zero-order chi connectivity index (χ0) is 17.7. The second-order valence-electron chi connectivity index (χ2n) is 4.81. The summed E-state index contributed by atoms with van der Waals surface area (Å²) >= 11 is 3.28. The molecule has 0 fully saturated rings. The Bertz CT molecular complexity index is 947. The molecule has 0 aliphatic rings. The molecule has 1 atom stereocenters. The van der Waals surface area contributed by atoms with Crippen molar-refractivity contribution in [2.24, 2.45) is 4.36 Å². The summed E-state index contributed by atoms with van der Waals surface area (Å²) in [5.41, 5.74) is 0.152. The summed E-state index contributed by atoms with van der Waals surface area (Å²) in [6.07, 6.45) is 3.73. The fourth-order valence-electron chi connectivity index (χ4n) is 1.96. The number of rotatable bonds is 4. The van der Waals surface area contributed by atoms with Crippen molar-refractivity contribution in [1.82, 2.24) is 0 Å². The smallest absolute Gasteiger partial charge is 0.267 e. The molecule has 6 nitrogen and oxygen atoms in total. The molecule has 1 amide bonds. The monoisotopic (exact) mass is 408 g/mol. The predicted molar refractivity (Wildman–Crippen MR) is 96.0 cm³/mol. The molecule has 1 unspecified atom stereocenters. The van der Waals surface area contributed by atoms with Crippen molar-refractivity contribution >= 4 is 43.3 Å². The predicted octanol–water partition coefficient (Wildman–Crippen LogP) is 4.05. The number of halogens is 1. The number of benzene rings is 2. The average Bonchev–Trinajstić information content (AvgIpc) is 2.53. The fourth-order valence-corrected chi connectivity index (χ4v) is 4.41. The lowest BCUT2D eigenvalue weighted by Gasteiger charge is -2.05. The van der Waals surface area contributed by atoms with Gasteiger partial charge in [-0.2, -0.15) is 4.36 Å². The average molecular weight is 409 g/mol. The van der Waals surface area contributed by atoms with Crippen molar-refractivity contribution in [3.8, 4) is 0 Å². The second-order valence-corrected chi connectivity index (χ2v) is 7.89. The standard InChI is InChI=1S/C16H13BrN2O4S/c1-24(23,15-9-5-3-7-13(15)17)18-16(20)11-10-12-6-2-4-8-14(12)19(21)22/h2-11H,1H3/b11-10+. The minimum absolute atomic E-state index is 0.121. The summed E-state index contributed by atoms with van der Waals surface area (Å²) < 4.78 is 17.0. The molecular weight excluding hydrogens is 396 g/mol. The van der Waals surface area contributed by atoms with Crippen LogP contribution in [0.15, 0.2) is 68.3 Å². The zero-order valence-electron chi connectivity index (χ0n) is 12.6. The first-order valence-corrected chi connectivity index (χ1v) is 9.45. The second kappa shape index (κ2) is 7.50. The van der Waals surface area contributed by atoms with E-state index in [0.29, 0.717) is 9.37 Å². The van der Waals surface area contributed by atoms with Gasteiger partial charge in [0.2, 0.25) is 0 Å². The van der Waals surface area contributed by atoms with E-state index < -0.39 is 20.6 Å². The van der Waals surface area contributed by atoms with Gasteiger partial charge < -0.3 is 0 Å². The van der Waals surface area contributed by atoms with Crippen molar-refractivity contribution in [3.63, 3.8) is 0 Å². The summed E-state index contributed by atoms with van der Waals surface area (Å²) in [5.74, 6) is -0.726. The summed E-state index contributed by atoms with van der Waals surface area (Å²) in [5, 5.41) is 10.9. The van der Waals surface area contributed by atoms with E-state index >= 15 is 0 Å². The highest BCUT2D eigenvalue weighted by Crippen LogP contribution is 2.23. The first kappa shape index (κ1) is 18.0. The van der Waals surface area contributed by atoms with Crippen LogP contribution in [0.1, 0.15) is 5.56 Å². The van der Waals surface area contributed by atoms with Gasteiger partial charge in [-0.3, -0.25) is 14.9 Å². The summed E-state index contributed by atoms with van der Waals surface area (Å²) in [4.78, 5) is 22.8. The molecule has 24 heavy (non-hydrogen) atoms. The molecule has 0 aliphatic carbocycles. The molecule has 2 rings (SSSR count). The van der Waals surface area contributed by atoms with Crippen molar-refractivity contribution in [1.29, 1.82) is 0 Å². The third kappa shape index (κ3) is 4.36. The molecule has 0 heterocycles. The van der Waals surface area contributed by atoms with Gasteiger partial charge in [-0.1, -0.05) is 24.3 Å². The number of carbonyl (C=O) groups is 1. The Kier molecular flexibility index (Phi) is 5.63. The van der Waals surface area contributed by atoms with Crippen LogP contribution in [-0.2, 0) is 14.5 Å². The van der Waals surface area contributed by atoms with Crippen LogP contribution in [-0.4, -0.2) is 21.3 Å². The maximum atomic E-state index is 12.6. The summed E-state index contributed by atoms with van der Waals surface area (Å²) in [6.45, 7) is 0. The molecule has 0 aromatic heterocycles. The molecule has 0 N–H and O–H groups in total. The third-order valence-electron chi connectivity index (χ3n) is 3.05. The molecule has 0 aliphatic heterocycles. The highest BCUT2D eigenvalue weighted by molar-refractivity contribution is 9.10. The van der Waals surface area contributed by atoms with Crippen LogP contribution in [0.2, 0.25) is 0 Å². The van der Waals surface area contributed by atoms with Gasteiger partial charge in [0.1, 0.15) is 0 Å². The van der Waals surface area contributed by atoms with Crippen LogP contribution in [0.25, 0.3) is 6.08 Å². The van der Waals surface area contributed by atoms with Gasteiger partial charge in [0.25, 0.3) is 11.6 Å². The molecule has 2 aromatic rings. The lowest BCUT2D eigenvalue weighted by atomic mass is 10.1. The van der Waals surface area contributed by atoms with Gasteiger partial charge in [0.15, 0.2) is 0 Å². The SMILES string of the molecule is CS(=O)(=NC(=O)/C=C/c1ccccc1[N+](=O)[O-])c1ccccc1Br. The lowest BCUT2D eigenvalue weighted by molar-refractivity contribution is -0.385. The number of hydrogen-bond acceptors (Lipinski definition) is 4. The fraction of sp³-hybridized carbons (Fsp3) is 0.0625. The Labute approximate surface area is 147 Å². The Morgan fingerprint density at radius 3 is 2.50 bits per heavy atom. The van der Waals surface area contributed by atoms with Crippen LogP contribution in [0.3, 0.4) is 0 Å². The number of amides is 1. The maximum Gasteiger partial charge on any atom is 0.278 e. The number of nitrogens with zero attached hydrogens (tertiary/aromatic N) is 2. The van der Waals surface area contributed by atoms with Crippen molar-refractivity contribution in [3.05, 3.63) is 74.8 Å². The topological polar surface area (TPSA) is 89.6 Å². The van der Waals surface area contributed by atoms with Crippen LogP contribution < -0.4 is 0 Å². The van der Waals surface area contributed by atoms with E-state index in [2.05, 4.69) is 20.3 Å². The zero-order valence-corrected chi connectivity index (χ0v) is 15.0. The number of nitro benzene ring substituents is 1. The molecular formula is C16H13BrN2O4S. The largest absolute Gasteiger partial charge is 0.278 e. The lowest BCUT2D eigenvalue weighted by Crippen LogP contribution is -2.02. The van der Waals surface area contributed by atoms with E-state index in [9.17, 15) is 19.1 Å². The van der Waals surface area contributed by atoms with Crippen molar-refractivity contribution < 1.29 is 13.9 Å². The quantitative estimate of drug-likeness (QED) is 0.433. The van der Waals surface area contributed by atoms with Crippen LogP contribution >= 0.6 is 15.9 Å². The summed E-state index contributed by atoms with van der Waals surface area (Å²) in [6, 6.07) is 12.8. The molecule has 0 radical (unpaired) electrons. The van der Waals surface area contributed by atoms with E-state index in [1.54, 1.807) is 30.3 Å². The molecule has 124 valence electrons. The van der Waals surface area contributed by atoms with Crippen molar-refractivity contribution in [2.75, 3.05) is 6.26 Å². The minimum Gasteiger partial charge on any atom is -0.267 e. The van der Waals surface area contributed by atoms with E-state index in [-0.39, 0.29) is 11.3 Å². The maximum absolute atomic E-state index is 12.6. The molecule has 2 aromatic carbocycles. The third-order valence-corrected chi connectivity index (χ3v) is 5.70. The molecule has 0 saturated heterocycles. The number of carbonyl (C=O) groups excluding carboxylic acids is 1.